The molecule has 0 radical (unpaired) electrons. The number of carbonyl (C=O) groups excluding carboxylic acids is 1. The van der Waals surface area contributed by atoms with Gasteiger partial charge < -0.3 is 28.7 Å². The predicted octanol–water partition coefficient (Wildman–Crippen LogP) is 3.19. The summed E-state index contributed by atoms with van der Waals surface area (Å²) in [6, 6.07) is 2.17. The number of methoxy groups -OCH3 is 2. The molecule has 0 unspecified atom stereocenters. The number of benzene rings is 1. The highest BCUT2D eigenvalue weighted by molar-refractivity contribution is 5.71. The van der Waals surface area contributed by atoms with Crippen LogP contribution < -0.4 is 9.64 Å². The molecule has 7 heteroatoms. The lowest BCUT2D eigenvalue weighted by Crippen LogP contribution is -2.41. The number of fused-ring (bicyclic) bond motifs is 2. The maximum atomic E-state index is 12.6. The lowest BCUT2D eigenvalue weighted by atomic mass is 9.94. The second-order valence-electron chi connectivity index (χ2n) is 9.06. The Kier molecular flexibility index (Phi) is 7.14. The molecule has 0 fully saturated rings. The van der Waals surface area contributed by atoms with Crippen molar-refractivity contribution in [3.8, 4) is 5.75 Å². The van der Waals surface area contributed by atoms with E-state index in [0.29, 0.717) is 26.3 Å². The average Bonchev–Trinajstić information content (AvgIpc) is 2.89. The highest BCUT2D eigenvalue weighted by atomic mass is 16.6. The lowest BCUT2D eigenvalue weighted by molar-refractivity contribution is 0.0258. The zero-order valence-corrected chi connectivity index (χ0v) is 19.2. The van der Waals surface area contributed by atoms with E-state index in [0.717, 1.165) is 37.4 Å². The summed E-state index contributed by atoms with van der Waals surface area (Å²) in [5.74, 6) is 0.926. The van der Waals surface area contributed by atoms with Gasteiger partial charge in [0.1, 0.15) is 18.0 Å². The molecule has 0 spiro atoms. The summed E-state index contributed by atoms with van der Waals surface area (Å²) in [5, 5.41) is 0. The van der Waals surface area contributed by atoms with Gasteiger partial charge in [0.05, 0.1) is 24.9 Å². The number of ether oxygens (including phenoxy) is 4. The lowest BCUT2D eigenvalue weighted by Gasteiger charge is -2.36. The van der Waals surface area contributed by atoms with Crippen LogP contribution in [0.3, 0.4) is 0 Å². The van der Waals surface area contributed by atoms with Gasteiger partial charge in [-0.25, -0.2) is 4.79 Å². The number of carbonyl (C=O) groups is 1. The standard InChI is InChI=1S/C23H36N2O5/c1-16-19-8-10-24(22(26)30-23(2,3)4)9-7-17(19)13-20-21(16)25(11-12-29-20)14-18(28-6)15-27-5/h13,18H,7-12,14-15H2,1-6H3/t18-/m1/s1. The van der Waals surface area contributed by atoms with E-state index >= 15 is 0 Å². The van der Waals surface area contributed by atoms with E-state index in [4.69, 9.17) is 18.9 Å². The van der Waals surface area contributed by atoms with Crippen LogP contribution in [0.5, 0.6) is 5.75 Å². The Morgan fingerprint density at radius 3 is 2.60 bits per heavy atom. The molecule has 168 valence electrons. The Balaban J connectivity index is 1.82. The molecule has 2 aliphatic heterocycles. The van der Waals surface area contributed by atoms with Gasteiger partial charge in [-0.2, -0.15) is 0 Å². The molecule has 2 aliphatic rings. The highest BCUT2D eigenvalue weighted by Crippen LogP contribution is 2.40. The van der Waals surface area contributed by atoms with Gasteiger partial charge in [-0.05, 0) is 63.3 Å². The number of hydrogen-bond donors (Lipinski definition) is 0. The second-order valence-corrected chi connectivity index (χ2v) is 9.06. The molecule has 1 aromatic carbocycles. The van der Waals surface area contributed by atoms with Crippen molar-refractivity contribution >= 4 is 11.8 Å². The minimum atomic E-state index is -0.486. The predicted molar refractivity (Wildman–Crippen MR) is 117 cm³/mol. The molecule has 1 atom stereocenters. The van der Waals surface area contributed by atoms with E-state index in [2.05, 4.69) is 17.9 Å². The molecule has 0 N–H and O–H groups in total. The fraction of sp³-hybridized carbons (Fsp3) is 0.696. The first-order valence-corrected chi connectivity index (χ1v) is 10.8. The van der Waals surface area contributed by atoms with Crippen LogP contribution in [0.25, 0.3) is 0 Å². The fourth-order valence-corrected chi connectivity index (χ4v) is 4.27. The van der Waals surface area contributed by atoms with Crippen molar-refractivity contribution < 1.29 is 23.7 Å². The van der Waals surface area contributed by atoms with E-state index in [1.54, 1.807) is 14.2 Å². The zero-order chi connectivity index (χ0) is 21.9. The molecule has 0 aromatic heterocycles. The van der Waals surface area contributed by atoms with E-state index in [1.807, 2.05) is 25.7 Å². The van der Waals surface area contributed by atoms with Crippen molar-refractivity contribution in [1.29, 1.82) is 0 Å². The molecular formula is C23H36N2O5. The molecule has 0 saturated heterocycles. The quantitative estimate of drug-likeness (QED) is 0.729. The Morgan fingerprint density at radius 2 is 1.93 bits per heavy atom. The monoisotopic (exact) mass is 420 g/mol. The van der Waals surface area contributed by atoms with Gasteiger partial charge in [0.25, 0.3) is 0 Å². The third kappa shape index (κ3) is 5.19. The summed E-state index contributed by atoms with van der Waals surface area (Å²) in [6.07, 6.45) is 1.38. The summed E-state index contributed by atoms with van der Waals surface area (Å²) in [6.45, 7) is 12.0. The van der Waals surface area contributed by atoms with Crippen LogP contribution in [-0.2, 0) is 27.1 Å². The SMILES string of the molecule is COC[C@@H](CN1CCOc2cc3c(c(C)c21)CCN(C(=O)OC(C)(C)C)CC3)OC. The van der Waals surface area contributed by atoms with Crippen molar-refractivity contribution in [3.63, 3.8) is 0 Å². The summed E-state index contributed by atoms with van der Waals surface area (Å²) >= 11 is 0. The topological polar surface area (TPSA) is 60.5 Å². The summed E-state index contributed by atoms with van der Waals surface area (Å²) < 4.78 is 22.5. The van der Waals surface area contributed by atoms with Crippen LogP contribution in [0.2, 0.25) is 0 Å². The minimum absolute atomic E-state index is 0.00169. The van der Waals surface area contributed by atoms with Crippen molar-refractivity contribution in [1.82, 2.24) is 4.90 Å². The molecule has 1 amide bonds. The third-order valence-corrected chi connectivity index (χ3v) is 5.71. The van der Waals surface area contributed by atoms with Crippen molar-refractivity contribution in [2.24, 2.45) is 0 Å². The van der Waals surface area contributed by atoms with Crippen LogP contribution in [0.4, 0.5) is 10.5 Å². The van der Waals surface area contributed by atoms with Crippen LogP contribution in [-0.4, -0.2) is 76.3 Å². The second kappa shape index (κ2) is 9.43. The number of amides is 1. The van der Waals surface area contributed by atoms with E-state index in [9.17, 15) is 4.79 Å². The van der Waals surface area contributed by atoms with Crippen LogP contribution >= 0.6 is 0 Å². The Labute approximate surface area is 180 Å². The molecule has 0 aliphatic carbocycles. The van der Waals surface area contributed by atoms with Gasteiger partial charge in [-0.3, -0.25) is 0 Å². The van der Waals surface area contributed by atoms with Crippen LogP contribution in [0, 0.1) is 6.92 Å². The first-order valence-electron chi connectivity index (χ1n) is 10.8. The van der Waals surface area contributed by atoms with Crippen molar-refractivity contribution in [2.45, 2.75) is 52.2 Å². The molecular weight excluding hydrogens is 384 g/mol. The van der Waals surface area contributed by atoms with E-state index in [1.165, 1.54) is 16.7 Å². The van der Waals surface area contributed by atoms with Gasteiger partial charge in [0.15, 0.2) is 0 Å². The van der Waals surface area contributed by atoms with Crippen molar-refractivity contribution in [3.05, 3.63) is 22.8 Å². The van der Waals surface area contributed by atoms with E-state index in [-0.39, 0.29) is 12.2 Å². The maximum absolute atomic E-state index is 12.6. The van der Waals surface area contributed by atoms with Crippen LogP contribution in [0.1, 0.15) is 37.5 Å². The summed E-state index contributed by atoms with van der Waals surface area (Å²) in [5.41, 5.74) is 4.47. The fourth-order valence-electron chi connectivity index (χ4n) is 4.27. The summed E-state index contributed by atoms with van der Waals surface area (Å²) in [7, 11) is 3.42. The van der Waals surface area contributed by atoms with Gasteiger partial charge in [0, 0.05) is 33.9 Å². The minimum Gasteiger partial charge on any atom is -0.490 e. The molecule has 0 saturated carbocycles. The molecule has 1 aromatic rings. The molecule has 30 heavy (non-hydrogen) atoms. The van der Waals surface area contributed by atoms with Gasteiger partial charge in [-0.15, -0.1) is 0 Å². The molecule has 2 heterocycles. The Bertz CT molecular complexity index is 759. The first-order chi connectivity index (χ1) is 14.2. The Hall–Kier alpha value is -1.99. The van der Waals surface area contributed by atoms with Gasteiger partial charge >= 0.3 is 6.09 Å². The highest BCUT2D eigenvalue weighted by Gasteiger charge is 2.29. The maximum Gasteiger partial charge on any atom is 0.410 e. The number of nitrogens with zero attached hydrogens (tertiary/aromatic N) is 2. The molecule has 3 rings (SSSR count). The third-order valence-electron chi connectivity index (χ3n) is 5.71. The largest absolute Gasteiger partial charge is 0.490 e. The first kappa shape index (κ1) is 22.7. The van der Waals surface area contributed by atoms with Crippen LogP contribution in [0.15, 0.2) is 6.07 Å². The number of hydrogen-bond acceptors (Lipinski definition) is 6. The molecule has 7 nitrogen and oxygen atoms in total. The van der Waals surface area contributed by atoms with E-state index < -0.39 is 5.60 Å². The van der Waals surface area contributed by atoms with Gasteiger partial charge in [0.2, 0.25) is 0 Å². The average molecular weight is 421 g/mol. The normalized spacial score (nSPS) is 17.5. The van der Waals surface area contributed by atoms with Gasteiger partial charge in [-0.1, -0.05) is 0 Å². The summed E-state index contributed by atoms with van der Waals surface area (Å²) in [4.78, 5) is 16.7. The molecule has 0 bridgehead atoms. The zero-order valence-electron chi connectivity index (χ0n) is 19.2. The number of anilines is 1. The smallest absolute Gasteiger partial charge is 0.410 e. The Morgan fingerprint density at radius 1 is 1.20 bits per heavy atom. The van der Waals surface area contributed by atoms with Crippen molar-refractivity contribution in [2.75, 3.05) is 58.5 Å². The number of rotatable bonds is 5.